The number of sulfonamides is 1. The molecular formula is C23H22FN3O5S. The zero-order valence-corrected chi connectivity index (χ0v) is 18.3. The average molecular weight is 472 g/mol. The number of aliphatic hydroxyl groups excluding tert-OH is 1. The third kappa shape index (κ3) is 4.91. The third-order valence-electron chi connectivity index (χ3n) is 5.10. The third-order valence-corrected chi connectivity index (χ3v) is 6.88. The van der Waals surface area contributed by atoms with E-state index in [9.17, 15) is 22.7 Å². The summed E-state index contributed by atoms with van der Waals surface area (Å²) >= 11 is 0. The highest BCUT2D eigenvalue weighted by atomic mass is 32.2. The first-order valence-corrected chi connectivity index (χ1v) is 11.5. The number of carbonyl (C=O) groups excluding carboxylic acids is 1. The number of nitrogens with two attached hydrogens (primary N) is 1. The van der Waals surface area contributed by atoms with Gasteiger partial charge in [-0.2, -0.15) is 0 Å². The van der Waals surface area contributed by atoms with Crippen LogP contribution in [0.4, 0.5) is 21.5 Å². The van der Waals surface area contributed by atoms with Gasteiger partial charge in [0.15, 0.2) is 0 Å². The fourth-order valence-electron chi connectivity index (χ4n) is 3.51. The molecule has 10 heteroatoms. The second-order valence-corrected chi connectivity index (χ2v) is 9.43. The maximum Gasteiger partial charge on any atom is 0.264 e. The van der Waals surface area contributed by atoms with Crippen LogP contribution < -0.4 is 20.1 Å². The van der Waals surface area contributed by atoms with Gasteiger partial charge in [0.05, 0.1) is 30.2 Å². The van der Waals surface area contributed by atoms with Crippen molar-refractivity contribution in [2.24, 2.45) is 0 Å². The number of carbonyl (C=O) groups is 1. The summed E-state index contributed by atoms with van der Waals surface area (Å²) in [6, 6.07) is 16.1. The molecule has 4 rings (SSSR count). The molecule has 8 nitrogen and oxygen atoms in total. The summed E-state index contributed by atoms with van der Waals surface area (Å²) in [7, 11) is -4.02. The minimum atomic E-state index is -4.02. The Labute approximate surface area is 190 Å². The smallest absolute Gasteiger partial charge is 0.264 e. The molecule has 0 unspecified atom stereocenters. The molecule has 1 aliphatic rings. The van der Waals surface area contributed by atoms with Crippen molar-refractivity contribution < 1.29 is 27.4 Å². The summed E-state index contributed by atoms with van der Waals surface area (Å²) in [5, 5.41) is 12.3. The summed E-state index contributed by atoms with van der Waals surface area (Å²) in [5.74, 6) is -0.488. The summed E-state index contributed by atoms with van der Waals surface area (Å²) < 4.78 is 46.7. The van der Waals surface area contributed by atoms with Crippen molar-refractivity contribution in [2.75, 3.05) is 28.5 Å². The summed E-state index contributed by atoms with van der Waals surface area (Å²) in [6.45, 7) is -0.494. The lowest BCUT2D eigenvalue weighted by Gasteiger charge is -2.35. The lowest BCUT2D eigenvalue weighted by atomic mass is 10.1. The lowest BCUT2D eigenvalue weighted by molar-refractivity contribution is -0.115. The highest BCUT2D eigenvalue weighted by Crippen LogP contribution is 2.39. The number of nitrogen functional groups attached to an aromatic ring is 1. The van der Waals surface area contributed by atoms with Gasteiger partial charge in [-0.25, -0.2) is 12.8 Å². The molecule has 0 aromatic heterocycles. The number of nitrogens with one attached hydrogen (secondary N) is 1. The highest BCUT2D eigenvalue weighted by Gasteiger charge is 2.34. The maximum atomic E-state index is 13.4. The second-order valence-electron chi connectivity index (χ2n) is 7.56. The number of amides is 1. The van der Waals surface area contributed by atoms with Gasteiger partial charge in [-0.15, -0.1) is 0 Å². The molecular weight excluding hydrogens is 449 g/mol. The van der Waals surface area contributed by atoms with E-state index in [0.717, 1.165) is 4.31 Å². The van der Waals surface area contributed by atoms with E-state index in [4.69, 9.17) is 10.5 Å². The Bertz CT molecular complexity index is 1280. The van der Waals surface area contributed by atoms with Crippen LogP contribution in [-0.4, -0.2) is 38.7 Å². The molecule has 0 bridgehead atoms. The standard InChI is InChI=1S/C23H22FN3O5S/c24-16-6-4-15(5-7-16)10-23(29)26-18-8-9-22-21(12-18)27(13-19(14-28)32-22)33(30,31)20-3-1-2-17(25)11-20/h1-9,11-12,19,28H,10,13-14,25H2,(H,26,29)/t19-/m1/s1. The molecule has 3 aromatic rings. The largest absolute Gasteiger partial charge is 0.484 e. The number of halogens is 1. The van der Waals surface area contributed by atoms with Crippen LogP contribution in [0.5, 0.6) is 5.75 Å². The van der Waals surface area contributed by atoms with E-state index in [2.05, 4.69) is 5.32 Å². The number of fused-ring (bicyclic) bond motifs is 1. The molecule has 0 fully saturated rings. The lowest BCUT2D eigenvalue weighted by Crippen LogP contribution is -2.45. The Morgan fingerprint density at radius 3 is 2.61 bits per heavy atom. The summed E-state index contributed by atoms with van der Waals surface area (Å²) in [5.41, 5.74) is 7.28. The minimum absolute atomic E-state index is 0.00205. The fraction of sp³-hybridized carbons (Fsp3) is 0.174. The van der Waals surface area contributed by atoms with Gasteiger partial charge in [-0.05, 0) is 54.1 Å². The Kier molecular flexibility index (Phi) is 6.21. The molecule has 1 heterocycles. The van der Waals surface area contributed by atoms with Crippen molar-refractivity contribution >= 4 is 33.0 Å². The van der Waals surface area contributed by atoms with Gasteiger partial charge >= 0.3 is 0 Å². The van der Waals surface area contributed by atoms with Gasteiger partial charge in [-0.1, -0.05) is 18.2 Å². The van der Waals surface area contributed by atoms with Crippen molar-refractivity contribution in [3.63, 3.8) is 0 Å². The Hall–Kier alpha value is -3.63. The molecule has 0 saturated carbocycles. The quantitative estimate of drug-likeness (QED) is 0.475. The predicted octanol–water partition coefficient (Wildman–Crippen LogP) is 2.54. The van der Waals surface area contributed by atoms with Crippen molar-refractivity contribution in [3.05, 3.63) is 78.1 Å². The highest BCUT2D eigenvalue weighted by molar-refractivity contribution is 7.92. The van der Waals surface area contributed by atoms with Gasteiger partial charge < -0.3 is 20.9 Å². The van der Waals surface area contributed by atoms with Gasteiger partial charge in [0, 0.05) is 11.4 Å². The van der Waals surface area contributed by atoms with E-state index in [1.54, 1.807) is 18.2 Å². The van der Waals surface area contributed by atoms with Gasteiger partial charge in [0.25, 0.3) is 10.0 Å². The molecule has 4 N–H and O–H groups in total. The molecule has 33 heavy (non-hydrogen) atoms. The number of hydrogen-bond donors (Lipinski definition) is 3. The molecule has 0 aliphatic carbocycles. The normalized spacial score (nSPS) is 15.5. The second kappa shape index (κ2) is 9.08. The van der Waals surface area contributed by atoms with Crippen LogP contribution in [-0.2, 0) is 21.2 Å². The molecule has 172 valence electrons. The van der Waals surface area contributed by atoms with Gasteiger partial charge in [0.2, 0.25) is 5.91 Å². The van der Waals surface area contributed by atoms with E-state index in [0.29, 0.717) is 16.9 Å². The first kappa shape index (κ1) is 22.6. The van der Waals surface area contributed by atoms with E-state index in [1.165, 1.54) is 48.5 Å². The number of hydrogen-bond acceptors (Lipinski definition) is 6. The molecule has 1 atom stereocenters. The maximum absolute atomic E-state index is 13.4. The van der Waals surface area contributed by atoms with Crippen LogP contribution in [0.3, 0.4) is 0 Å². The molecule has 1 aliphatic heterocycles. The zero-order valence-electron chi connectivity index (χ0n) is 17.4. The molecule has 0 radical (unpaired) electrons. The van der Waals surface area contributed by atoms with Gasteiger partial charge in [-0.3, -0.25) is 9.10 Å². The average Bonchev–Trinajstić information content (AvgIpc) is 2.79. The van der Waals surface area contributed by atoms with Crippen molar-refractivity contribution in [3.8, 4) is 5.75 Å². The number of anilines is 3. The monoisotopic (exact) mass is 471 g/mol. The van der Waals surface area contributed by atoms with Crippen LogP contribution in [0.15, 0.2) is 71.6 Å². The van der Waals surface area contributed by atoms with Crippen LogP contribution in [0, 0.1) is 5.82 Å². The predicted molar refractivity (Wildman–Crippen MR) is 122 cm³/mol. The van der Waals surface area contributed by atoms with Crippen LogP contribution >= 0.6 is 0 Å². The van der Waals surface area contributed by atoms with E-state index < -0.39 is 21.9 Å². The van der Waals surface area contributed by atoms with E-state index in [1.807, 2.05) is 0 Å². The van der Waals surface area contributed by atoms with Crippen molar-refractivity contribution in [1.82, 2.24) is 0 Å². The zero-order chi connectivity index (χ0) is 23.6. The number of benzene rings is 3. The van der Waals surface area contributed by atoms with Crippen LogP contribution in [0.25, 0.3) is 0 Å². The minimum Gasteiger partial charge on any atom is -0.484 e. The van der Waals surface area contributed by atoms with Crippen molar-refractivity contribution in [2.45, 2.75) is 17.4 Å². The topological polar surface area (TPSA) is 122 Å². The number of rotatable bonds is 6. The van der Waals surface area contributed by atoms with Crippen LogP contribution in [0.2, 0.25) is 0 Å². The number of nitrogens with zero attached hydrogens (tertiary/aromatic N) is 1. The fourth-order valence-corrected chi connectivity index (χ4v) is 5.06. The number of ether oxygens (including phenoxy) is 1. The molecule has 3 aromatic carbocycles. The Morgan fingerprint density at radius 2 is 1.91 bits per heavy atom. The van der Waals surface area contributed by atoms with Crippen molar-refractivity contribution in [1.29, 1.82) is 0 Å². The Morgan fingerprint density at radius 1 is 1.15 bits per heavy atom. The molecule has 1 amide bonds. The van der Waals surface area contributed by atoms with Gasteiger partial charge in [0.1, 0.15) is 17.7 Å². The van der Waals surface area contributed by atoms with E-state index in [-0.39, 0.29) is 41.8 Å². The first-order chi connectivity index (χ1) is 15.8. The molecule has 0 saturated heterocycles. The summed E-state index contributed by atoms with van der Waals surface area (Å²) in [4.78, 5) is 12.5. The first-order valence-electron chi connectivity index (χ1n) is 10.1. The van der Waals surface area contributed by atoms with Crippen LogP contribution in [0.1, 0.15) is 5.56 Å². The molecule has 0 spiro atoms. The number of aliphatic hydroxyl groups is 1. The SMILES string of the molecule is Nc1cccc(S(=O)(=O)N2C[C@H](CO)Oc3ccc(NC(=O)Cc4ccc(F)cc4)cc32)c1. The summed E-state index contributed by atoms with van der Waals surface area (Å²) in [6.07, 6.45) is -0.738. The Balaban J connectivity index is 1.63. The van der Waals surface area contributed by atoms with E-state index >= 15 is 0 Å².